The van der Waals surface area contributed by atoms with E-state index in [0.29, 0.717) is 11.5 Å². The molecular weight excluding hydrogens is 280 g/mol. The van der Waals surface area contributed by atoms with Gasteiger partial charge in [0.15, 0.2) is 0 Å². The van der Waals surface area contributed by atoms with Crippen LogP contribution < -0.4 is 13.1 Å². The van der Waals surface area contributed by atoms with Crippen molar-refractivity contribution in [3.05, 3.63) is 42.0 Å². The third-order valence-electron chi connectivity index (χ3n) is 2.88. The maximum Gasteiger partial charge on any atom is 0.145 e. The van der Waals surface area contributed by atoms with E-state index in [1.165, 1.54) is 0 Å². The van der Waals surface area contributed by atoms with E-state index in [4.69, 9.17) is 13.1 Å². The van der Waals surface area contributed by atoms with Crippen LogP contribution in [0.15, 0.2) is 36.4 Å². The summed E-state index contributed by atoms with van der Waals surface area (Å²) >= 11 is 7.72. The highest BCUT2D eigenvalue weighted by atomic mass is 32.1. The van der Waals surface area contributed by atoms with Crippen molar-refractivity contribution < 1.29 is 13.1 Å². The molecule has 0 spiro atoms. The van der Waals surface area contributed by atoms with Crippen molar-refractivity contribution in [3.8, 4) is 28.4 Å². The van der Waals surface area contributed by atoms with E-state index in [2.05, 4.69) is 25.8 Å². The standard InChI is InChI=1S/C14H14O3S2/c1-9-4-3-5-13(17-19)14(9)11-8-10(16-18)6-7-12(11)15-2/h3-8,18-19H,1-2H3. The molecule has 0 fully saturated rings. The van der Waals surface area contributed by atoms with Crippen molar-refractivity contribution in [3.63, 3.8) is 0 Å². The van der Waals surface area contributed by atoms with Gasteiger partial charge in [-0.25, -0.2) is 0 Å². The quantitative estimate of drug-likeness (QED) is 0.656. The first-order chi connectivity index (χ1) is 9.21. The molecule has 2 aromatic carbocycles. The lowest BCUT2D eigenvalue weighted by atomic mass is 9.98. The SMILES string of the molecule is COc1ccc(OS)cc1-c1c(C)cccc1OS. The van der Waals surface area contributed by atoms with Crippen LogP contribution in [-0.2, 0) is 0 Å². The van der Waals surface area contributed by atoms with Gasteiger partial charge in [-0.1, -0.05) is 12.1 Å². The van der Waals surface area contributed by atoms with Crippen LogP contribution in [0.4, 0.5) is 0 Å². The first-order valence-corrected chi connectivity index (χ1v) is 6.35. The van der Waals surface area contributed by atoms with Gasteiger partial charge in [-0.2, -0.15) is 0 Å². The number of hydrogen-bond donors (Lipinski definition) is 2. The molecule has 0 bridgehead atoms. The van der Waals surface area contributed by atoms with Crippen LogP contribution in [0.5, 0.6) is 17.2 Å². The molecule has 0 aliphatic heterocycles. The average molecular weight is 294 g/mol. The van der Waals surface area contributed by atoms with E-state index >= 15 is 0 Å². The Labute approximate surface area is 123 Å². The molecule has 0 amide bonds. The average Bonchev–Trinajstić information content (AvgIpc) is 2.46. The number of rotatable bonds is 4. The molecule has 0 saturated carbocycles. The van der Waals surface area contributed by atoms with Gasteiger partial charge in [-0.05, 0) is 36.8 Å². The van der Waals surface area contributed by atoms with Gasteiger partial charge >= 0.3 is 0 Å². The highest BCUT2D eigenvalue weighted by molar-refractivity contribution is 7.75. The van der Waals surface area contributed by atoms with E-state index < -0.39 is 0 Å². The number of ether oxygens (including phenoxy) is 1. The Morgan fingerprint density at radius 1 is 0.947 bits per heavy atom. The minimum atomic E-state index is 0.632. The number of thiol groups is 2. The maximum atomic E-state index is 5.39. The summed E-state index contributed by atoms with van der Waals surface area (Å²) in [6.45, 7) is 2.00. The smallest absolute Gasteiger partial charge is 0.145 e. The van der Waals surface area contributed by atoms with E-state index in [1.54, 1.807) is 13.2 Å². The Kier molecular flexibility index (Phi) is 4.50. The van der Waals surface area contributed by atoms with Crippen LogP contribution in [0.25, 0.3) is 11.1 Å². The fourth-order valence-corrected chi connectivity index (χ4v) is 2.27. The lowest BCUT2D eigenvalue weighted by Gasteiger charge is -2.15. The monoisotopic (exact) mass is 294 g/mol. The Morgan fingerprint density at radius 2 is 1.74 bits per heavy atom. The second-order valence-corrected chi connectivity index (χ2v) is 4.36. The first kappa shape index (κ1) is 14.0. The Morgan fingerprint density at radius 3 is 2.37 bits per heavy atom. The predicted octanol–water partition coefficient (Wildman–Crippen LogP) is 4.12. The van der Waals surface area contributed by atoms with Crippen molar-refractivity contribution in [1.82, 2.24) is 0 Å². The third-order valence-corrected chi connectivity index (χ3v) is 3.29. The summed E-state index contributed by atoms with van der Waals surface area (Å²) < 4.78 is 15.5. The van der Waals surface area contributed by atoms with Crippen LogP contribution in [0.1, 0.15) is 5.56 Å². The van der Waals surface area contributed by atoms with Gasteiger partial charge in [-0.15, -0.1) is 0 Å². The molecule has 0 N–H and O–H groups in total. The minimum Gasteiger partial charge on any atom is -0.496 e. The Balaban J connectivity index is 2.69. The van der Waals surface area contributed by atoms with Crippen molar-refractivity contribution in [2.24, 2.45) is 0 Å². The molecule has 0 atom stereocenters. The molecule has 100 valence electrons. The van der Waals surface area contributed by atoms with Crippen LogP contribution in [0.2, 0.25) is 0 Å². The van der Waals surface area contributed by atoms with Gasteiger partial charge in [0.2, 0.25) is 0 Å². The topological polar surface area (TPSA) is 27.7 Å². The molecule has 0 aliphatic rings. The van der Waals surface area contributed by atoms with Crippen LogP contribution in [0.3, 0.4) is 0 Å². The van der Waals surface area contributed by atoms with Crippen molar-refractivity contribution in [1.29, 1.82) is 0 Å². The Hall–Kier alpha value is -1.46. The number of methoxy groups -OCH3 is 1. The normalized spacial score (nSPS) is 10.1. The summed E-state index contributed by atoms with van der Waals surface area (Å²) in [4.78, 5) is 0. The fourth-order valence-electron chi connectivity index (χ4n) is 2.00. The van der Waals surface area contributed by atoms with E-state index in [-0.39, 0.29) is 0 Å². The Bertz CT molecular complexity index is 585. The number of hydrogen-bond acceptors (Lipinski definition) is 5. The molecule has 2 rings (SSSR count). The molecule has 2 aromatic rings. The molecular formula is C14H14O3S2. The van der Waals surface area contributed by atoms with Crippen LogP contribution in [-0.4, -0.2) is 7.11 Å². The molecule has 5 heteroatoms. The van der Waals surface area contributed by atoms with E-state index in [9.17, 15) is 0 Å². The van der Waals surface area contributed by atoms with Crippen molar-refractivity contribution >= 4 is 25.8 Å². The summed E-state index contributed by atoms with van der Waals surface area (Å²) in [5, 5.41) is 0. The molecule has 0 radical (unpaired) electrons. The largest absolute Gasteiger partial charge is 0.496 e. The van der Waals surface area contributed by atoms with E-state index in [0.717, 1.165) is 22.4 Å². The van der Waals surface area contributed by atoms with Crippen LogP contribution >= 0.6 is 25.8 Å². The lowest BCUT2D eigenvalue weighted by molar-refractivity contribution is 0.416. The fraction of sp³-hybridized carbons (Fsp3) is 0.143. The second kappa shape index (κ2) is 6.12. The van der Waals surface area contributed by atoms with Crippen LogP contribution in [0, 0.1) is 6.92 Å². The molecule has 0 unspecified atom stereocenters. The molecule has 0 saturated heterocycles. The molecule has 19 heavy (non-hydrogen) atoms. The van der Waals surface area contributed by atoms with Gasteiger partial charge in [0, 0.05) is 36.9 Å². The van der Waals surface area contributed by atoms with Crippen molar-refractivity contribution in [2.45, 2.75) is 6.92 Å². The summed E-state index contributed by atoms with van der Waals surface area (Å²) in [5.74, 6) is 2.03. The summed E-state index contributed by atoms with van der Waals surface area (Å²) in [7, 11) is 1.62. The number of benzene rings is 2. The zero-order valence-corrected chi connectivity index (χ0v) is 12.4. The molecule has 0 aliphatic carbocycles. The summed E-state index contributed by atoms with van der Waals surface area (Å²) in [6, 6.07) is 11.2. The van der Waals surface area contributed by atoms with Gasteiger partial charge in [0.1, 0.15) is 17.2 Å². The molecule has 3 nitrogen and oxygen atoms in total. The highest BCUT2D eigenvalue weighted by Crippen LogP contribution is 2.41. The second-order valence-electron chi connectivity index (χ2n) is 3.99. The summed E-state index contributed by atoms with van der Waals surface area (Å²) in [6.07, 6.45) is 0. The molecule has 0 aromatic heterocycles. The van der Waals surface area contributed by atoms with Gasteiger partial charge in [-0.3, -0.25) is 0 Å². The van der Waals surface area contributed by atoms with Gasteiger partial charge in [0.05, 0.1) is 7.11 Å². The lowest BCUT2D eigenvalue weighted by Crippen LogP contribution is -1.93. The van der Waals surface area contributed by atoms with Gasteiger partial charge in [0.25, 0.3) is 0 Å². The number of aryl methyl sites for hydroxylation is 1. The predicted molar refractivity (Wildman–Crippen MR) is 82.4 cm³/mol. The van der Waals surface area contributed by atoms with Gasteiger partial charge < -0.3 is 13.1 Å². The van der Waals surface area contributed by atoms with E-state index in [1.807, 2.05) is 37.3 Å². The highest BCUT2D eigenvalue weighted by Gasteiger charge is 2.15. The zero-order valence-electron chi connectivity index (χ0n) is 10.6. The van der Waals surface area contributed by atoms with Crippen molar-refractivity contribution in [2.75, 3.05) is 7.11 Å². The minimum absolute atomic E-state index is 0.632. The molecule has 0 heterocycles. The summed E-state index contributed by atoms with van der Waals surface area (Å²) in [5.41, 5.74) is 2.85. The first-order valence-electron chi connectivity index (χ1n) is 5.62. The zero-order chi connectivity index (χ0) is 13.8. The maximum absolute atomic E-state index is 5.39. The third kappa shape index (κ3) is 2.77.